The second kappa shape index (κ2) is 12.2. The first-order valence-electron chi connectivity index (χ1n) is 10.5. The summed E-state index contributed by atoms with van der Waals surface area (Å²) in [5.41, 5.74) is 3.02. The molecule has 0 unspecified atom stereocenters. The number of halogens is 2. The van der Waals surface area contributed by atoms with Crippen molar-refractivity contribution in [3.8, 4) is 5.75 Å². The van der Waals surface area contributed by atoms with E-state index in [1.807, 2.05) is 0 Å². The number of sulfonamides is 1. The summed E-state index contributed by atoms with van der Waals surface area (Å²) >= 11 is 12.0. The van der Waals surface area contributed by atoms with Crippen molar-refractivity contribution in [2.75, 3.05) is 50.0 Å². The standard InChI is InChI=1S/C22H24Cl2N4O6S/c1-35(31,32)28(20-12-17(23)4-7-19(20)24)14-21(29)26-25-13-16-2-5-18(6-3-16)34-15-22(30)27-8-10-33-11-9-27/h2-7,12-13H,8-11,14-15H2,1H3,(H,26,29)/b25-13-. The van der Waals surface area contributed by atoms with Gasteiger partial charge in [0.25, 0.3) is 11.8 Å². The van der Waals surface area contributed by atoms with Gasteiger partial charge in [-0.1, -0.05) is 23.2 Å². The second-order valence-corrected chi connectivity index (χ2v) is 10.3. The third-order valence-corrected chi connectivity index (χ3v) is 6.55. The van der Waals surface area contributed by atoms with Crippen molar-refractivity contribution in [1.82, 2.24) is 10.3 Å². The molecule has 0 saturated carbocycles. The highest BCUT2D eigenvalue weighted by Gasteiger charge is 2.23. The first-order valence-corrected chi connectivity index (χ1v) is 13.1. The number of nitrogens with zero attached hydrogens (tertiary/aromatic N) is 3. The second-order valence-electron chi connectivity index (χ2n) is 7.51. The topological polar surface area (TPSA) is 118 Å². The van der Waals surface area contributed by atoms with E-state index in [1.165, 1.54) is 24.4 Å². The van der Waals surface area contributed by atoms with Gasteiger partial charge in [-0.05, 0) is 48.0 Å². The predicted octanol–water partition coefficient (Wildman–Crippen LogP) is 2.15. The van der Waals surface area contributed by atoms with Crippen LogP contribution in [0.3, 0.4) is 0 Å². The Morgan fingerprint density at radius 2 is 1.86 bits per heavy atom. The first kappa shape index (κ1) is 26.7. The Morgan fingerprint density at radius 1 is 1.17 bits per heavy atom. The Balaban J connectivity index is 1.53. The van der Waals surface area contributed by atoms with E-state index >= 15 is 0 Å². The van der Waals surface area contributed by atoms with E-state index in [1.54, 1.807) is 29.2 Å². The molecule has 188 valence electrons. The molecule has 1 aliphatic heterocycles. The Kier molecular flexibility index (Phi) is 9.33. The number of hydrogen-bond donors (Lipinski definition) is 1. The summed E-state index contributed by atoms with van der Waals surface area (Å²) < 4.78 is 36.0. The number of anilines is 1. The van der Waals surface area contributed by atoms with E-state index in [0.717, 1.165) is 10.6 Å². The number of hydrogen-bond acceptors (Lipinski definition) is 7. The van der Waals surface area contributed by atoms with Gasteiger partial charge in [0.15, 0.2) is 6.61 Å². The van der Waals surface area contributed by atoms with Crippen LogP contribution in [0.2, 0.25) is 10.0 Å². The van der Waals surface area contributed by atoms with Crippen molar-refractivity contribution in [1.29, 1.82) is 0 Å². The fourth-order valence-electron chi connectivity index (χ4n) is 3.10. The van der Waals surface area contributed by atoms with Crippen molar-refractivity contribution in [2.45, 2.75) is 0 Å². The molecule has 0 aliphatic carbocycles. The van der Waals surface area contributed by atoms with Crippen LogP contribution in [0.1, 0.15) is 5.56 Å². The van der Waals surface area contributed by atoms with Crippen LogP contribution in [0.25, 0.3) is 0 Å². The molecule has 2 aromatic carbocycles. The monoisotopic (exact) mass is 542 g/mol. The molecule has 0 bridgehead atoms. The van der Waals surface area contributed by atoms with Gasteiger partial charge in [0.05, 0.1) is 36.4 Å². The number of carbonyl (C=O) groups is 2. The SMILES string of the molecule is CS(=O)(=O)N(CC(=O)N/N=C\c1ccc(OCC(=O)N2CCOCC2)cc1)c1cc(Cl)ccc1Cl. The maximum atomic E-state index is 12.3. The van der Waals surface area contributed by atoms with Crippen molar-refractivity contribution in [3.63, 3.8) is 0 Å². The van der Waals surface area contributed by atoms with Crippen LogP contribution in [0.15, 0.2) is 47.6 Å². The van der Waals surface area contributed by atoms with Gasteiger partial charge in [-0.15, -0.1) is 0 Å². The lowest BCUT2D eigenvalue weighted by Gasteiger charge is -2.26. The summed E-state index contributed by atoms with van der Waals surface area (Å²) in [6.45, 7) is 1.54. The third-order valence-electron chi connectivity index (χ3n) is 4.87. The number of ether oxygens (including phenoxy) is 2. The lowest BCUT2D eigenvalue weighted by atomic mass is 10.2. The van der Waals surface area contributed by atoms with Gasteiger partial charge in [-0.25, -0.2) is 13.8 Å². The smallest absolute Gasteiger partial charge is 0.260 e. The zero-order chi connectivity index (χ0) is 25.4. The number of rotatable bonds is 9. The Hall–Kier alpha value is -2.86. The molecule has 13 heteroatoms. The van der Waals surface area contributed by atoms with E-state index in [-0.39, 0.29) is 28.2 Å². The highest BCUT2D eigenvalue weighted by Crippen LogP contribution is 2.30. The highest BCUT2D eigenvalue weighted by atomic mass is 35.5. The van der Waals surface area contributed by atoms with Crippen LogP contribution in [0.5, 0.6) is 5.75 Å². The molecule has 0 radical (unpaired) electrons. The van der Waals surface area contributed by atoms with E-state index < -0.39 is 22.5 Å². The summed E-state index contributed by atoms with van der Waals surface area (Å²) in [7, 11) is -3.82. The first-order chi connectivity index (χ1) is 16.6. The lowest BCUT2D eigenvalue weighted by molar-refractivity contribution is -0.137. The number of nitrogens with one attached hydrogen (secondary N) is 1. The molecular weight excluding hydrogens is 519 g/mol. The third kappa shape index (κ3) is 8.10. The van der Waals surface area contributed by atoms with Gasteiger partial charge in [0.2, 0.25) is 10.0 Å². The molecule has 3 rings (SSSR count). The lowest BCUT2D eigenvalue weighted by Crippen LogP contribution is -2.42. The molecule has 1 N–H and O–H groups in total. The zero-order valence-corrected chi connectivity index (χ0v) is 21.1. The van der Waals surface area contributed by atoms with Gasteiger partial charge in [0.1, 0.15) is 12.3 Å². The summed E-state index contributed by atoms with van der Waals surface area (Å²) in [5.74, 6) is -0.275. The van der Waals surface area contributed by atoms with E-state index in [4.69, 9.17) is 32.7 Å². The number of hydrazone groups is 1. The Labute approximate surface area is 213 Å². The van der Waals surface area contributed by atoms with Crippen molar-refractivity contribution >= 4 is 56.9 Å². The number of morpholine rings is 1. The fourth-order valence-corrected chi connectivity index (χ4v) is 4.40. The average molecular weight is 543 g/mol. The fraction of sp³-hybridized carbons (Fsp3) is 0.318. The van der Waals surface area contributed by atoms with Crippen molar-refractivity contribution < 1.29 is 27.5 Å². The molecular formula is C22H24Cl2N4O6S. The van der Waals surface area contributed by atoms with E-state index in [9.17, 15) is 18.0 Å². The minimum Gasteiger partial charge on any atom is -0.484 e. The van der Waals surface area contributed by atoms with Gasteiger partial charge in [-0.2, -0.15) is 5.10 Å². The Morgan fingerprint density at radius 3 is 2.51 bits per heavy atom. The predicted molar refractivity (Wildman–Crippen MR) is 134 cm³/mol. The average Bonchev–Trinajstić information content (AvgIpc) is 2.83. The summed E-state index contributed by atoms with van der Waals surface area (Å²) in [6.07, 6.45) is 2.34. The molecule has 0 spiro atoms. The van der Waals surface area contributed by atoms with Crippen LogP contribution >= 0.6 is 23.2 Å². The van der Waals surface area contributed by atoms with Gasteiger partial charge >= 0.3 is 0 Å². The number of carbonyl (C=O) groups excluding carboxylic acids is 2. The maximum absolute atomic E-state index is 12.3. The van der Waals surface area contributed by atoms with Gasteiger partial charge < -0.3 is 14.4 Å². The zero-order valence-electron chi connectivity index (χ0n) is 18.8. The van der Waals surface area contributed by atoms with Crippen molar-refractivity contribution in [3.05, 3.63) is 58.1 Å². The molecule has 0 atom stereocenters. The quantitative estimate of drug-likeness (QED) is 0.383. The molecule has 1 saturated heterocycles. The van der Waals surface area contributed by atoms with E-state index in [0.29, 0.717) is 37.6 Å². The van der Waals surface area contributed by atoms with Crippen LogP contribution in [-0.4, -0.2) is 77.1 Å². The van der Waals surface area contributed by atoms with Gasteiger partial charge in [0, 0.05) is 18.1 Å². The molecule has 35 heavy (non-hydrogen) atoms. The van der Waals surface area contributed by atoms with Crippen LogP contribution in [-0.2, 0) is 24.3 Å². The minimum absolute atomic E-state index is 0.0724. The minimum atomic E-state index is -3.82. The molecule has 2 amide bonds. The summed E-state index contributed by atoms with van der Waals surface area (Å²) in [5, 5.41) is 4.26. The largest absolute Gasteiger partial charge is 0.484 e. The molecule has 10 nitrogen and oxygen atoms in total. The normalized spacial score (nSPS) is 14.1. The molecule has 1 fully saturated rings. The maximum Gasteiger partial charge on any atom is 0.260 e. The number of benzene rings is 2. The van der Waals surface area contributed by atoms with Crippen LogP contribution in [0, 0.1) is 0 Å². The number of amides is 2. The highest BCUT2D eigenvalue weighted by molar-refractivity contribution is 7.92. The van der Waals surface area contributed by atoms with Crippen LogP contribution < -0.4 is 14.5 Å². The summed E-state index contributed by atoms with van der Waals surface area (Å²) in [6, 6.07) is 11.0. The molecule has 1 aliphatic rings. The molecule has 0 aromatic heterocycles. The summed E-state index contributed by atoms with van der Waals surface area (Å²) in [4.78, 5) is 26.2. The van der Waals surface area contributed by atoms with Crippen LogP contribution in [0.4, 0.5) is 5.69 Å². The van der Waals surface area contributed by atoms with E-state index in [2.05, 4.69) is 10.5 Å². The van der Waals surface area contributed by atoms with Gasteiger partial charge in [-0.3, -0.25) is 13.9 Å². The van der Waals surface area contributed by atoms with Crippen molar-refractivity contribution in [2.24, 2.45) is 5.10 Å². The molecule has 2 aromatic rings. The molecule has 1 heterocycles. The Bertz CT molecular complexity index is 1180.